The first-order valence-corrected chi connectivity index (χ1v) is 9.41. The van der Waals surface area contributed by atoms with Gasteiger partial charge in [-0.25, -0.2) is 4.98 Å². The Labute approximate surface area is 162 Å². The number of hydrogen-bond donors (Lipinski definition) is 0. The van der Waals surface area contributed by atoms with E-state index in [1.54, 1.807) is 0 Å². The zero-order valence-electron chi connectivity index (χ0n) is 15.3. The fourth-order valence-electron chi connectivity index (χ4n) is 3.19. The highest BCUT2D eigenvalue weighted by Gasteiger charge is 2.17. The molecule has 2 heterocycles. The van der Waals surface area contributed by atoms with Gasteiger partial charge in [-0.1, -0.05) is 48.0 Å². The molecule has 4 aromatic rings. The van der Waals surface area contributed by atoms with Crippen molar-refractivity contribution in [1.29, 1.82) is 0 Å². The second-order valence-electron chi connectivity index (χ2n) is 6.20. The SMILES string of the molecule is CCN(CC)c1nc2ccc(Cl)cc2n2c(/C=C/c3ccccc3)nnc12. The fraction of sp³-hybridized carbons (Fsp3) is 0.190. The lowest BCUT2D eigenvalue weighted by molar-refractivity contribution is 0.848. The number of aromatic nitrogens is 4. The van der Waals surface area contributed by atoms with Crippen LogP contribution in [0.4, 0.5) is 5.82 Å². The van der Waals surface area contributed by atoms with Crippen molar-refractivity contribution in [3.8, 4) is 0 Å². The van der Waals surface area contributed by atoms with E-state index < -0.39 is 0 Å². The van der Waals surface area contributed by atoms with Gasteiger partial charge in [-0.05, 0) is 43.7 Å². The Morgan fingerprint density at radius 1 is 1.00 bits per heavy atom. The van der Waals surface area contributed by atoms with Crippen LogP contribution in [0.15, 0.2) is 48.5 Å². The van der Waals surface area contributed by atoms with Crippen LogP contribution in [0, 0.1) is 0 Å². The lowest BCUT2D eigenvalue weighted by atomic mass is 10.2. The molecule has 5 nitrogen and oxygen atoms in total. The van der Waals surface area contributed by atoms with Crippen LogP contribution >= 0.6 is 11.6 Å². The summed E-state index contributed by atoms with van der Waals surface area (Å²) >= 11 is 6.26. The molecule has 0 amide bonds. The summed E-state index contributed by atoms with van der Waals surface area (Å²) in [6.45, 7) is 5.92. The molecule has 0 N–H and O–H groups in total. The molecule has 4 rings (SSSR count). The first-order valence-electron chi connectivity index (χ1n) is 9.03. The number of benzene rings is 2. The maximum absolute atomic E-state index is 6.26. The molecule has 0 aliphatic rings. The Morgan fingerprint density at radius 3 is 2.52 bits per heavy atom. The van der Waals surface area contributed by atoms with Crippen LogP contribution in [0.3, 0.4) is 0 Å². The minimum atomic E-state index is 0.660. The van der Waals surface area contributed by atoms with E-state index in [9.17, 15) is 0 Å². The lowest BCUT2D eigenvalue weighted by Gasteiger charge is -2.20. The van der Waals surface area contributed by atoms with Crippen molar-refractivity contribution in [2.24, 2.45) is 0 Å². The highest BCUT2D eigenvalue weighted by Crippen LogP contribution is 2.27. The quantitative estimate of drug-likeness (QED) is 0.493. The van der Waals surface area contributed by atoms with Crippen LogP contribution in [0.2, 0.25) is 5.02 Å². The summed E-state index contributed by atoms with van der Waals surface area (Å²) in [5.74, 6) is 1.58. The van der Waals surface area contributed by atoms with Crippen LogP contribution in [0.1, 0.15) is 25.2 Å². The molecule has 0 fully saturated rings. The van der Waals surface area contributed by atoms with Crippen molar-refractivity contribution < 1.29 is 0 Å². The molecule has 0 unspecified atom stereocenters. The number of fused-ring (bicyclic) bond motifs is 3. The maximum atomic E-state index is 6.26. The van der Waals surface area contributed by atoms with Gasteiger partial charge in [0, 0.05) is 18.1 Å². The lowest BCUT2D eigenvalue weighted by Crippen LogP contribution is -2.24. The van der Waals surface area contributed by atoms with Crippen molar-refractivity contribution in [2.45, 2.75) is 13.8 Å². The van der Waals surface area contributed by atoms with Gasteiger partial charge in [0.25, 0.3) is 0 Å². The zero-order valence-corrected chi connectivity index (χ0v) is 16.1. The number of halogens is 1. The predicted molar refractivity (Wildman–Crippen MR) is 112 cm³/mol. The largest absolute Gasteiger partial charge is 0.354 e. The van der Waals surface area contributed by atoms with Crippen LogP contribution < -0.4 is 4.90 Å². The molecule has 0 bridgehead atoms. The molecular weight excluding hydrogens is 358 g/mol. The van der Waals surface area contributed by atoms with Crippen LogP contribution in [0.5, 0.6) is 0 Å². The summed E-state index contributed by atoms with van der Waals surface area (Å²) in [5.41, 5.74) is 3.60. The Morgan fingerprint density at radius 2 is 1.78 bits per heavy atom. The summed E-state index contributed by atoms with van der Waals surface area (Å²) < 4.78 is 2.03. The van der Waals surface area contributed by atoms with Gasteiger partial charge in [-0.2, -0.15) is 0 Å². The van der Waals surface area contributed by atoms with E-state index in [0.29, 0.717) is 5.02 Å². The Kier molecular flexibility index (Phi) is 4.77. The molecular formula is C21H20ClN5. The molecule has 0 spiro atoms. The smallest absolute Gasteiger partial charge is 0.204 e. The molecule has 6 heteroatoms. The third-order valence-electron chi connectivity index (χ3n) is 4.58. The molecule has 0 radical (unpaired) electrons. The first kappa shape index (κ1) is 17.5. The molecule has 136 valence electrons. The number of anilines is 1. The predicted octanol–water partition coefficient (Wildman–Crippen LogP) is 4.95. The topological polar surface area (TPSA) is 46.3 Å². The number of hydrogen-bond acceptors (Lipinski definition) is 4. The van der Waals surface area contributed by atoms with E-state index in [0.717, 1.165) is 47.0 Å². The number of rotatable bonds is 5. The summed E-state index contributed by atoms with van der Waals surface area (Å²) in [6.07, 6.45) is 4.01. The van der Waals surface area contributed by atoms with E-state index in [4.69, 9.17) is 16.6 Å². The normalized spacial score (nSPS) is 11.7. The number of nitrogens with zero attached hydrogens (tertiary/aromatic N) is 5. The minimum absolute atomic E-state index is 0.660. The maximum Gasteiger partial charge on any atom is 0.204 e. The second kappa shape index (κ2) is 7.37. The third-order valence-corrected chi connectivity index (χ3v) is 4.82. The van der Waals surface area contributed by atoms with Crippen LogP contribution in [-0.2, 0) is 0 Å². The Balaban J connectivity index is 1.97. The molecule has 0 atom stereocenters. The van der Waals surface area contributed by atoms with Crippen molar-refractivity contribution in [2.75, 3.05) is 18.0 Å². The van der Waals surface area contributed by atoms with Gasteiger partial charge in [0.15, 0.2) is 11.6 Å². The van der Waals surface area contributed by atoms with E-state index in [2.05, 4.69) is 41.1 Å². The van der Waals surface area contributed by atoms with Crippen molar-refractivity contribution in [3.63, 3.8) is 0 Å². The van der Waals surface area contributed by atoms with Crippen LogP contribution in [-0.4, -0.2) is 32.7 Å². The monoisotopic (exact) mass is 377 g/mol. The van der Waals surface area contributed by atoms with Crippen molar-refractivity contribution in [3.05, 3.63) is 64.9 Å². The molecule has 2 aromatic carbocycles. The summed E-state index contributed by atoms with van der Waals surface area (Å²) in [6, 6.07) is 15.8. The van der Waals surface area contributed by atoms with Crippen molar-refractivity contribution in [1.82, 2.24) is 19.6 Å². The molecule has 27 heavy (non-hydrogen) atoms. The highest BCUT2D eigenvalue weighted by molar-refractivity contribution is 6.31. The highest BCUT2D eigenvalue weighted by atomic mass is 35.5. The molecule has 0 saturated heterocycles. The molecule has 0 aliphatic heterocycles. The van der Waals surface area contributed by atoms with Gasteiger partial charge in [-0.15, -0.1) is 10.2 Å². The molecule has 0 saturated carbocycles. The summed E-state index contributed by atoms with van der Waals surface area (Å²) in [7, 11) is 0. The van der Waals surface area contributed by atoms with E-state index in [1.165, 1.54) is 0 Å². The summed E-state index contributed by atoms with van der Waals surface area (Å²) in [5, 5.41) is 9.52. The Hall–Kier alpha value is -2.92. The van der Waals surface area contributed by atoms with Gasteiger partial charge in [0.2, 0.25) is 5.65 Å². The second-order valence-corrected chi connectivity index (χ2v) is 6.64. The zero-order chi connectivity index (χ0) is 18.8. The van der Waals surface area contributed by atoms with Gasteiger partial charge >= 0.3 is 0 Å². The third kappa shape index (κ3) is 3.26. The van der Waals surface area contributed by atoms with E-state index in [-0.39, 0.29) is 0 Å². The Bertz CT molecular complexity index is 1110. The summed E-state index contributed by atoms with van der Waals surface area (Å²) in [4.78, 5) is 7.02. The van der Waals surface area contributed by atoms with Gasteiger partial charge < -0.3 is 4.90 Å². The van der Waals surface area contributed by atoms with Gasteiger partial charge in [0.1, 0.15) is 0 Å². The fourth-order valence-corrected chi connectivity index (χ4v) is 3.36. The average Bonchev–Trinajstić information content (AvgIpc) is 3.13. The van der Waals surface area contributed by atoms with Gasteiger partial charge in [-0.3, -0.25) is 4.40 Å². The first-order chi connectivity index (χ1) is 13.2. The van der Waals surface area contributed by atoms with Crippen molar-refractivity contribution >= 4 is 46.3 Å². The minimum Gasteiger partial charge on any atom is -0.354 e. The van der Waals surface area contributed by atoms with E-state index >= 15 is 0 Å². The molecule has 2 aromatic heterocycles. The van der Waals surface area contributed by atoms with Gasteiger partial charge in [0.05, 0.1) is 11.0 Å². The molecule has 0 aliphatic carbocycles. The van der Waals surface area contributed by atoms with E-state index in [1.807, 2.05) is 53.0 Å². The van der Waals surface area contributed by atoms with Crippen LogP contribution in [0.25, 0.3) is 28.8 Å². The standard InChI is InChI=1S/C21H20ClN5/c1-3-26(4-2)20-21-25-24-19(13-10-15-8-6-5-7-9-15)27(21)18-14-16(22)11-12-17(18)23-20/h5-14H,3-4H2,1-2H3/b13-10+. The average molecular weight is 378 g/mol.